The molecule has 0 aromatic carbocycles. The van der Waals surface area contributed by atoms with E-state index in [4.69, 9.17) is 10.5 Å². The normalized spacial score (nSPS) is 13.6. The van der Waals surface area contributed by atoms with Gasteiger partial charge in [0.25, 0.3) is 0 Å². The average Bonchev–Trinajstić information content (AvgIpc) is 2.63. The number of nitrogens with two attached hydrogens (primary N) is 1. The number of hydrogen-bond acceptors (Lipinski definition) is 3. The second-order valence-corrected chi connectivity index (χ2v) is 4.77. The van der Waals surface area contributed by atoms with Crippen LogP contribution in [0.5, 0.6) is 0 Å². The molecule has 19 heavy (non-hydrogen) atoms. The highest BCUT2D eigenvalue weighted by Crippen LogP contribution is 2.02. The maximum absolute atomic E-state index is 5.78. The molecule has 0 aliphatic rings. The fraction of sp³-hybridized carbons (Fsp3) is 0.692. The maximum Gasteiger partial charge on any atom is 0.188 e. The predicted molar refractivity (Wildman–Crippen MR) is 77.3 cm³/mol. The van der Waals surface area contributed by atoms with Crippen LogP contribution in [0.1, 0.15) is 24.7 Å². The molecule has 1 unspecified atom stereocenters. The molecule has 0 aliphatic heterocycles. The number of ether oxygens (including phenoxy) is 1. The number of guanidine groups is 1. The summed E-state index contributed by atoms with van der Waals surface area (Å²) in [6, 6.07) is 2.25. The monoisotopic (exact) mass is 267 g/mol. The molecule has 0 bridgehead atoms. The van der Waals surface area contributed by atoms with Gasteiger partial charge in [-0.3, -0.25) is 9.67 Å². The standard InChI is InChI=1S/C13H25N5O/c1-10-8-12(3)18(17-10)7-5-6-15-13(14)16-11(2)9-19-4/h8,11H,5-7,9H2,1-4H3,(H3,14,15,16). The van der Waals surface area contributed by atoms with Gasteiger partial charge in [0, 0.05) is 31.9 Å². The topological polar surface area (TPSA) is 77.5 Å². The number of nitrogens with one attached hydrogen (secondary N) is 1. The van der Waals surface area contributed by atoms with Crippen molar-refractivity contribution in [1.82, 2.24) is 15.1 Å². The molecule has 1 rings (SSSR count). The smallest absolute Gasteiger partial charge is 0.188 e. The molecular formula is C13H25N5O. The number of rotatable bonds is 7. The minimum Gasteiger partial charge on any atom is -0.383 e. The number of hydrogen-bond donors (Lipinski definition) is 2. The first-order valence-electron chi connectivity index (χ1n) is 6.59. The molecule has 0 amide bonds. The highest BCUT2D eigenvalue weighted by molar-refractivity contribution is 5.78. The fourth-order valence-corrected chi connectivity index (χ4v) is 1.91. The van der Waals surface area contributed by atoms with Gasteiger partial charge in [0.1, 0.15) is 0 Å². The summed E-state index contributed by atoms with van der Waals surface area (Å²) in [5.74, 6) is 0.470. The summed E-state index contributed by atoms with van der Waals surface area (Å²) in [6.07, 6.45) is 0.920. The van der Waals surface area contributed by atoms with E-state index < -0.39 is 0 Å². The molecule has 1 aromatic heterocycles. The van der Waals surface area contributed by atoms with Crippen LogP contribution >= 0.6 is 0 Å². The highest BCUT2D eigenvalue weighted by Gasteiger charge is 2.02. The van der Waals surface area contributed by atoms with Gasteiger partial charge in [-0.05, 0) is 33.3 Å². The summed E-state index contributed by atoms with van der Waals surface area (Å²) in [5, 5.41) is 7.48. The van der Waals surface area contributed by atoms with Crippen molar-refractivity contribution in [3.8, 4) is 0 Å². The van der Waals surface area contributed by atoms with E-state index in [1.54, 1.807) is 7.11 Å². The van der Waals surface area contributed by atoms with E-state index in [9.17, 15) is 0 Å². The van der Waals surface area contributed by atoms with Crippen molar-refractivity contribution in [3.05, 3.63) is 17.5 Å². The van der Waals surface area contributed by atoms with Gasteiger partial charge >= 0.3 is 0 Å². The molecule has 1 heterocycles. The van der Waals surface area contributed by atoms with Gasteiger partial charge in [0.15, 0.2) is 5.96 Å². The van der Waals surface area contributed by atoms with Crippen LogP contribution in [0, 0.1) is 13.8 Å². The maximum atomic E-state index is 5.78. The molecular weight excluding hydrogens is 242 g/mol. The summed E-state index contributed by atoms with van der Waals surface area (Å²) >= 11 is 0. The van der Waals surface area contributed by atoms with Gasteiger partial charge in [0.2, 0.25) is 0 Å². The zero-order valence-electron chi connectivity index (χ0n) is 12.3. The Hall–Kier alpha value is -1.56. The van der Waals surface area contributed by atoms with Crippen molar-refractivity contribution in [3.63, 3.8) is 0 Å². The number of methoxy groups -OCH3 is 1. The van der Waals surface area contributed by atoms with Crippen molar-refractivity contribution in [2.45, 2.75) is 39.8 Å². The van der Waals surface area contributed by atoms with E-state index in [0.717, 1.165) is 18.7 Å². The predicted octanol–water partition coefficient (Wildman–Crippen LogP) is 0.829. The van der Waals surface area contributed by atoms with Gasteiger partial charge in [-0.2, -0.15) is 5.10 Å². The van der Waals surface area contributed by atoms with Crippen molar-refractivity contribution in [2.75, 3.05) is 20.3 Å². The molecule has 6 nitrogen and oxygen atoms in total. The average molecular weight is 267 g/mol. The van der Waals surface area contributed by atoms with E-state index in [1.807, 2.05) is 18.5 Å². The minimum atomic E-state index is 0.171. The van der Waals surface area contributed by atoms with E-state index in [0.29, 0.717) is 19.1 Å². The molecule has 6 heteroatoms. The molecule has 1 aromatic rings. The van der Waals surface area contributed by atoms with Crippen LogP contribution in [-0.2, 0) is 11.3 Å². The van der Waals surface area contributed by atoms with Crippen LogP contribution in [-0.4, -0.2) is 42.0 Å². The summed E-state index contributed by atoms with van der Waals surface area (Å²) in [5.41, 5.74) is 8.01. The van der Waals surface area contributed by atoms with Crippen LogP contribution in [0.4, 0.5) is 0 Å². The van der Waals surface area contributed by atoms with Crippen LogP contribution in [0.3, 0.4) is 0 Å². The molecule has 0 fully saturated rings. The van der Waals surface area contributed by atoms with Gasteiger partial charge in [-0.25, -0.2) is 0 Å². The van der Waals surface area contributed by atoms with Crippen LogP contribution in [0.2, 0.25) is 0 Å². The van der Waals surface area contributed by atoms with Gasteiger partial charge in [-0.15, -0.1) is 0 Å². The van der Waals surface area contributed by atoms with Gasteiger partial charge in [0.05, 0.1) is 12.3 Å². The molecule has 0 spiro atoms. The van der Waals surface area contributed by atoms with Crippen LogP contribution in [0.25, 0.3) is 0 Å². The molecule has 1 atom stereocenters. The summed E-state index contributed by atoms with van der Waals surface area (Å²) in [6.45, 7) is 8.23. The Balaban J connectivity index is 2.27. The van der Waals surface area contributed by atoms with Crippen molar-refractivity contribution >= 4 is 5.96 Å². The van der Waals surface area contributed by atoms with Crippen molar-refractivity contribution in [1.29, 1.82) is 0 Å². The number of aliphatic imine (C=N–C) groups is 1. The van der Waals surface area contributed by atoms with Gasteiger partial charge in [-0.1, -0.05) is 0 Å². The third-order valence-electron chi connectivity index (χ3n) is 2.72. The van der Waals surface area contributed by atoms with E-state index in [-0.39, 0.29) is 6.04 Å². The number of aryl methyl sites for hydroxylation is 3. The van der Waals surface area contributed by atoms with Crippen LogP contribution in [0.15, 0.2) is 11.1 Å². The quantitative estimate of drug-likeness (QED) is 0.436. The largest absolute Gasteiger partial charge is 0.383 e. The first kappa shape index (κ1) is 15.5. The number of nitrogens with zero attached hydrogens (tertiary/aromatic N) is 3. The lowest BCUT2D eigenvalue weighted by Gasteiger charge is -2.13. The Morgan fingerprint density at radius 1 is 1.58 bits per heavy atom. The Morgan fingerprint density at radius 3 is 2.89 bits per heavy atom. The van der Waals surface area contributed by atoms with E-state index in [2.05, 4.69) is 28.4 Å². The SMILES string of the molecule is COCC(C)NC(N)=NCCCn1nc(C)cc1C. The first-order chi connectivity index (χ1) is 9.02. The highest BCUT2D eigenvalue weighted by atomic mass is 16.5. The van der Waals surface area contributed by atoms with Crippen molar-refractivity contribution < 1.29 is 4.74 Å². The Morgan fingerprint density at radius 2 is 2.32 bits per heavy atom. The van der Waals surface area contributed by atoms with E-state index in [1.165, 1.54) is 5.69 Å². The number of aromatic nitrogens is 2. The first-order valence-corrected chi connectivity index (χ1v) is 6.59. The summed E-state index contributed by atoms with van der Waals surface area (Å²) < 4.78 is 7.02. The Kier molecular flexibility index (Phi) is 6.35. The molecule has 3 N–H and O–H groups in total. The third kappa shape index (κ3) is 5.74. The lowest BCUT2D eigenvalue weighted by Crippen LogP contribution is -2.40. The Labute approximate surface area is 115 Å². The summed E-state index contributed by atoms with van der Waals surface area (Å²) in [7, 11) is 1.67. The molecule has 0 saturated carbocycles. The molecule has 0 saturated heterocycles. The third-order valence-corrected chi connectivity index (χ3v) is 2.72. The zero-order chi connectivity index (χ0) is 14.3. The van der Waals surface area contributed by atoms with Crippen LogP contribution < -0.4 is 11.1 Å². The van der Waals surface area contributed by atoms with E-state index >= 15 is 0 Å². The second kappa shape index (κ2) is 7.78. The lowest BCUT2D eigenvalue weighted by molar-refractivity contribution is 0.179. The zero-order valence-corrected chi connectivity index (χ0v) is 12.3. The van der Waals surface area contributed by atoms with Gasteiger partial charge < -0.3 is 15.8 Å². The molecule has 108 valence electrons. The second-order valence-electron chi connectivity index (χ2n) is 4.77. The Bertz CT molecular complexity index is 413. The lowest BCUT2D eigenvalue weighted by atomic mass is 10.4. The molecule has 0 aliphatic carbocycles. The fourth-order valence-electron chi connectivity index (χ4n) is 1.91. The van der Waals surface area contributed by atoms with Crippen molar-refractivity contribution in [2.24, 2.45) is 10.7 Å². The molecule has 0 radical (unpaired) electrons. The minimum absolute atomic E-state index is 0.171. The summed E-state index contributed by atoms with van der Waals surface area (Å²) in [4.78, 5) is 4.28.